The van der Waals surface area contributed by atoms with Crippen molar-refractivity contribution in [2.45, 2.75) is 16.7 Å². The summed E-state index contributed by atoms with van der Waals surface area (Å²) >= 11 is 5.98. The SMILES string of the molecule is Cc1c(Cl)cc(S(=O)(=O)N2CCN(S(=O)(=O)c3cccnc3)CC2)cc1[N+](=O)[O-]. The average Bonchev–Trinajstić information content (AvgIpc) is 2.70. The maximum absolute atomic E-state index is 12.9. The van der Waals surface area contributed by atoms with Crippen molar-refractivity contribution in [3.8, 4) is 0 Å². The number of aromatic nitrogens is 1. The highest BCUT2D eigenvalue weighted by Gasteiger charge is 2.35. The normalized spacial score (nSPS) is 16.6. The van der Waals surface area contributed by atoms with Crippen LogP contribution >= 0.6 is 11.6 Å². The molecule has 0 amide bonds. The molecule has 1 aromatic carbocycles. The van der Waals surface area contributed by atoms with Gasteiger partial charge in [-0.3, -0.25) is 15.1 Å². The molecule has 3 rings (SSSR count). The molecule has 13 heteroatoms. The molecule has 1 saturated heterocycles. The van der Waals surface area contributed by atoms with E-state index in [0.717, 1.165) is 16.4 Å². The Bertz CT molecular complexity index is 1150. The van der Waals surface area contributed by atoms with E-state index in [-0.39, 0.29) is 46.6 Å². The molecule has 29 heavy (non-hydrogen) atoms. The number of benzene rings is 1. The summed E-state index contributed by atoms with van der Waals surface area (Å²) in [7, 11) is -7.87. The van der Waals surface area contributed by atoms with Crippen LogP contribution in [0.2, 0.25) is 5.02 Å². The number of rotatable bonds is 5. The summed E-state index contributed by atoms with van der Waals surface area (Å²) in [5, 5.41) is 11.1. The lowest BCUT2D eigenvalue weighted by Gasteiger charge is -2.33. The Morgan fingerprint density at radius 1 is 1.03 bits per heavy atom. The van der Waals surface area contributed by atoms with E-state index < -0.39 is 30.7 Å². The minimum atomic E-state index is -4.08. The monoisotopic (exact) mass is 460 g/mol. The van der Waals surface area contributed by atoms with Gasteiger partial charge in [0.1, 0.15) is 4.90 Å². The molecule has 2 aromatic rings. The molecule has 0 bridgehead atoms. The van der Waals surface area contributed by atoms with Gasteiger partial charge in [0.15, 0.2) is 0 Å². The summed E-state index contributed by atoms with van der Waals surface area (Å²) < 4.78 is 53.4. The minimum absolute atomic E-state index is 0.0252. The van der Waals surface area contributed by atoms with Gasteiger partial charge in [-0.1, -0.05) is 11.6 Å². The Balaban J connectivity index is 1.83. The van der Waals surface area contributed by atoms with E-state index >= 15 is 0 Å². The number of hydrogen-bond acceptors (Lipinski definition) is 7. The summed E-state index contributed by atoms with van der Waals surface area (Å²) in [4.78, 5) is 14.0. The molecular formula is C16H17ClN4O6S2. The molecule has 1 aliphatic heterocycles. The van der Waals surface area contributed by atoms with Crippen molar-refractivity contribution in [1.82, 2.24) is 13.6 Å². The largest absolute Gasteiger partial charge is 0.275 e. The smallest absolute Gasteiger partial charge is 0.263 e. The van der Waals surface area contributed by atoms with Crippen LogP contribution in [0.1, 0.15) is 5.56 Å². The van der Waals surface area contributed by atoms with E-state index in [9.17, 15) is 26.9 Å². The Hall–Kier alpha value is -2.12. The number of nitrogens with zero attached hydrogens (tertiary/aromatic N) is 4. The first-order valence-corrected chi connectivity index (χ1v) is 11.7. The molecule has 0 saturated carbocycles. The molecule has 0 N–H and O–H groups in total. The van der Waals surface area contributed by atoms with Gasteiger partial charge in [0.05, 0.1) is 14.8 Å². The summed E-state index contributed by atoms with van der Waals surface area (Å²) in [6.45, 7) is 1.12. The van der Waals surface area contributed by atoms with Crippen LogP contribution < -0.4 is 0 Å². The first-order valence-electron chi connectivity index (χ1n) is 8.40. The number of nitro benzene ring substituents is 1. The number of sulfonamides is 2. The van der Waals surface area contributed by atoms with E-state index in [2.05, 4.69) is 4.98 Å². The van der Waals surface area contributed by atoms with Gasteiger partial charge in [0.25, 0.3) is 5.69 Å². The fourth-order valence-electron chi connectivity index (χ4n) is 2.93. The van der Waals surface area contributed by atoms with Crippen molar-refractivity contribution in [2.24, 2.45) is 0 Å². The fourth-order valence-corrected chi connectivity index (χ4v) is 6.06. The van der Waals surface area contributed by atoms with Crippen LogP contribution in [0, 0.1) is 17.0 Å². The molecule has 0 radical (unpaired) electrons. The van der Waals surface area contributed by atoms with Gasteiger partial charge in [-0.25, -0.2) is 16.8 Å². The molecule has 1 aliphatic rings. The first kappa shape index (κ1) is 21.6. The topological polar surface area (TPSA) is 131 Å². The summed E-state index contributed by atoms with van der Waals surface area (Å²) in [5.41, 5.74) is -0.225. The number of piperazine rings is 1. The van der Waals surface area contributed by atoms with Gasteiger partial charge in [0.2, 0.25) is 20.0 Å². The molecular weight excluding hydrogens is 444 g/mol. The van der Waals surface area contributed by atoms with Crippen molar-refractivity contribution in [1.29, 1.82) is 0 Å². The summed E-state index contributed by atoms with van der Waals surface area (Å²) in [6, 6.07) is 5.05. The van der Waals surface area contributed by atoms with Crippen molar-refractivity contribution < 1.29 is 21.8 Å². The number of hydrogen-bond donors (Lipinski definition) is 0. The lowest BCUT2D eigenvalue weighted by molar-refractivity contribution is -0.385. The quantitative estimate of drug-likeness (QED) is 0.489. The Kier molecular flexibility index (Phi) is 5.92. The third-order valence-corrected chi connectivity index (χ3v) is 8.75. The van der Waals surface area contributed by atoms with E-state index in [1.165, 1.54) is 35.8 Å². The Morgan fingerprint density at radius 3 is 2.07 bits per heavy atom. The predicted molar refractivity (Wildman–Crippen MR) is 105 cm³/mol. The van der Waals surface area contributed by atoms with Gasteiger partial charge in [-0.05, 0) is 25.1 Å². The average molecular weight is 461 g/mol. The van der Waals surface area contributed by atoms with Crippen molar-refractivity contribution in [3.05, 3.63) is 57.4 Å². The highest BCUT2D eigenvalue weighted by atomic mass is 35.5. The zero-order chi connectivity index (χ0) is 21.4. The van der Waals surface area contributed by atoms with Crippen LogP contribution in [0.4, 0.5) is 5.69 Å². The highest BCUT2D eigenvalue weighted by Crippen LogP contribution is 2.31. The van der Waals surface area contributed by atoms with E-state index in [0.29, 0.717) is 0 Å². The van der Waals surface area contributed by atoms with Crippen LogP contribution in [-0.2, 0) is 20.0 Å². The van der Waals surface area contributed by atoms with Crippen LogP contribution in [0.15, 0.2) is 46.5 Å². The maximum atomic E-state index is 12.9. The van der Waals surface area contributed by atoms with Crippen LogP contribution in [-0.4, -0.2) is 61.5 Å². The second kappa shape index (κ2) is 7.95. The molecule has 0 spiro atoms. The lowest BCUT2D eigenvalue weighted by Crippen LogP contribution is -2.50. The highest BCUT2D eigenvalue weighted by molar-refractivity contribution is 7.89. The van der Waals surface area contributed by atoms with Gasteiger partial charge < -0.3 is 0 Å². The summed E-state index contributed by atoms with van der Waals surface area (Å²) in [5.74, 6) is 0. The third kappa shape index (κ3) is 4.12. The lowest BCUT2D eigenvalue weighted by atomic mass is 10.2. The third-order valence-electron chi connectivity index (χ3n) is 4.59. The molecule has 1 fully saturated rings. The Labute approximate surface area is 173 Å². The van der Waals surface area contributed by atoms with Crippen LogP contribution in [0.3, 0.4) is 0 Å². The summed E-state index contributed by atoms with van der Waals surface area (Å²) in [6.07, 6.45) is 2.68. The van der Waals surface area contributed by atoms with E-state index in [1.807, 2.05) is 0 Å². The van der Waals surface area contributed by atoms with Crippen LogP contribution in [0.5, 0.6) is 0 Å². The second-order valence-electron chi connectivity index (χ2n) is 6.30. The Morgan fingerprint density at radius 2 is 1.59 bits per heavy atom. The van der Waals surface area contributed by atoms with Crippen molar-refractivity contribution in [3.63, 3.8) is 0 Å². The maximum Gasteiger partial charge on any atom is 0.275 e. The molecule has 0 atom stereocenters. The molecule has 10 nitrogen and oxygen atoms in total. The molecule has 1 aromatic heterocycles. The second-order valence-corrected chi connectivity index (χ2v) is 10.6. The zero-order valence-corrected chi connectivity index (χ0v) is 17.6. The van der Waals surface area contributed by atoms with Crippen molar-refractivity contribution >= 4 is 37.3 Å². The number of pyridine rings is 1. The standard InChI is InChI=1S/C16H17ClN4O6S2/c1-12-15(17)9-14(10-16(12)21(22)23)29(26,27)20-7-5-19(6-8-20)28(24,25)13-3-2-4-18-11-13/h2-4,9-11H,5-8H2,1H3. The molecule has 0 aliphatic carbocycles. The van der Waals surface area contributed by atoms with Gasteiger partial charge in [-0.2, -0.15) is 8.61 Å². The van der Waals surface area contributed by atoms with E-state index in [1.54, 1.807) is 0 Å². The minimum Gasteiger partial charge on any atom is -0.263 e. The molecule has 2 heterocycles. The first-order chi connectivity index (χ1) is 13.5. The molecule has 0 unspecified atom stereocenters. The van der Waals surface area contributed by atoms with Gasteiger partial charge >= 0.3 is 0 Å². The fraction of sp³-hybridized carbons (Fsp3) is 0.312. The van der Waals surface area contributed by atoms with Gasteiger partial charge in [0, 0.05) is 50.2 Å². The predicted octanol–water partition coefficient (Wildman–Crippen LogP) is 1.65. The zero-order valence-electron chi connectivity index (χ0n) is 15.2. The van der Waals surface area contributed by atoms with E-state index in [4.69, 9.17) is 11.6 Å². The number of nitro groups is 1. The number of halogens is 1. The van der Waals surface area contributed by atoms with Crippen LogP contribution in [0.25, 0.3) is 0 Å². The molecule has 156 valence electrons. The van der Waals surface area contributed by atoms with Gasteiger partial charge in [-0.15, -0.1) is 0 Å². The van der Waals surface area contributed by atoms with Crippen molar-refractivity contribution in [2.75, 3.05) is 26.2 Å².